The molecule has 2 rings (SSSR count). The molecule has 1 unspecified atom stereocenters. The third kappa shape index (κ3) is 7.85. The zero-order valence-corrected chi connectivity index (χ0v) is 21.7. The molecule has 0 spiro atoms. The summed E-state index contributed by atoms with van der Waals surface area (Å²) in [5.74, 6) is 0.712. The predicted octanol–water partition coefficient (Wildman–Crippen LogP) is 8.58. The summed E-state index contributed by atoms with van der Waals surface area (Å²) < 4.78 is 17.4. The number of benzene rings is 1. The molecule has 0 aliphatic heterocycles. The molecule has 184 valence electrons. The molecule has 0 aromatic heterocycles. The SMILES string of the molecule is CCCCCCCCC(c1ccc(C2CCC(CCCC)CC2)cc1)C(OC)(OC)OC. The summed E-state index contributed by atoms with van der Waals surface area (Å²) in [5, 5.41) is 0. The summed E-state index contributed by atoms with van der Waals surface area (Å²) in [5.41, 5.74) is 2.75. The van der Waals surface area contributed by atoms with Crippen molar-refractivity contribution in [1.29, 1.82) is 0 Å². The molecule has 1 aliphatic carbocycles. The van der Waals surface area contributed by atoms with Gasteiger partial charge in [-0.25, -0.2) is 0 Å². The first-order valence-electron chi connectivity index (χ1n) is 13.4. The van der Waals surface area contributed by atoms with Crippen LogP contribution in [0.2, 0.25) is 0 Å². The molecule has 1 saturated carbocycles. The summed E-state index contributed by atoms with van der Waals surface area (Å²) in [7, 11) is 5.06. The monoisotopic (exact) mass is 446 g/mol. The van der Waals surface area contributed by atoms with Gasteiger partial charge in [-0.3, -0.25) is 0 Å². The van der Waals surface area contributed by atoms with E-state index in [4.69, 9.17) is 14.2 Å². The van der Waals surface area contributed by atoms with Crippen molar-refractivity contribution in [2.75, 3.05) is 21.3 Å². The largest absolute Gasteiger partial charge is 0.330 e. The lowest BCUT2D eigenvalue weighted by atomic mass is 9.76. The van der Waals surface area contributed by atoms with Crippen LogP contribution >= 0.6 is 0 Å². The number of hydrogen-bond acceptors (Lipinski definition) is 3. The third-order valence-corrected chi connectivity index (χ3v) is 7.75. The second-order valence-corrected chi connectivity index (χ2v) is 9.85. The van der Waals surface area contributed by atoms with Crippen molar-refractivity contribution in [3.05, 3.63) is 35.4 Å². The lowest BCUT2D eigenvalue weighted by Crippen LogP contribution is -2.42. The molecule has 3 nitrogen and oxygen atoms in total. The first-order chi connectivity index (χ1) is 15.6. The van der Waals surface area contributed by atoms with Crippen LogP contribution in [0.4, 0.5) is 0 Å². The van der Waals surface area contributed by atoms with Gasteiger partial charge in [0.25, 0.3) is 5.97 Å². The van der Waals surface area contributed by atoms with Crippen LogP contribution in [0.15, 0.2) is 24.3 Å². The van der Waals surface area contributed by atoms with E-state index in [1.54, 1.807) is 21.3 Å². The average molecular weight is 447 g/mol. The standard InChI is InChI=1S/C29H50O3/c1-6-8-10-11-12-13-15-28(29(30-3,31-4)32-5)27-22-20-26(21-23-27)25-18-16-24(17-19-25)14-9-7-2/h20-25,28H,6-19H2,1-5H3. The summed E-state index contributed by atoms with van der Waals surface area (Å²) in [6.45, 7) is 4.57. The molecule has 32 heavy (non-hydrogen) atoms. The van der Waals surface area contributed by atoms with Crippen molar-refractivity contribution < 1.29 is 14.2 Å². The first kappa shape index (κ1) is 27.3. The molecule has 0 radical (unpaired) electrons. The smallest absolute Gasteiger partial charge is 0.289 e. The van der Waals surface area contributed by atoms with Gasteiger partial charge in [0.15, 0.2) is 0 Å². The van der Waals surface area contributed by atoms with Crippen molar-refractivity contribution in [2.45, 2.75) is 122 Å². The first-order valence-corrected chi connectivity index (χ1v) is 13.4. The molecule has 1 atom stereocenters. The minimum absolute atomic E-state index is 0.0625. The Balaban J connectivity index is 2.02. The van der Waals surface area contributed by atoms with E-state index < -0.39 is 5.97 Å². The molecule has 1 aromatic carbocycles. The zero-order chi connectivity index (χ0) is 23.2. The quantitative estimate of drug-likeness (QED) is 0.188. The number of unbranched alkanes of at least 4 members (excludes halogenated alkanes) is 6. The molecule has 1 fully saturated rings. The maximum atomic E-state index is 5.79. The Morgan fingerprint density at radius 1 is 0.750 bits per heavy atom. The number of rotatable bonds is 16. The van der Waals surface area contributed by atoms with Crippen LogP contribution < -0.4 is 0 Å². The van der Waals surface area contributed by atoms with Gasteiger partial charge in [0.05, 0.1) is 5.92 Å². The predicted molar refractivity (Wildman–Crippen MR) is 135 cm³/mol. The van der Waals surface area contributed by atoms with Crippen molar-refractivity contribution in [2.24, 2.45) is 5.92 Å². The number of ether oxygens (including phenoxy) is 3. The molecule has 0 bridgehead atoms. The van der Waals surface area contributed by atoms with E-state index in [-0.39, 0.29) is 5.92 Å². The highest BCUT2D eigenvalue weighted by molar-refractivity contribution is 5.29. The maximum Gasteiger partial charge on any atom is 0.289 e. The summed E-state index contributed by atoms with van der Waals surface area (Å²) >= 11 is 0. The Hall–Kier alpha value is -0.900. The van der Waals surface area contributed by atoms with E-state index in [1.807, 2.05) is 0 Å². The molecule has 0 N–H and O–H groups in total. The summed E-state index contributed by atoms with van der Waals surface area (Å²) in [4.78, 5) is 0. The van der Waals surface area contributed by atoms with Gasteiger partial charge in [0.1, 0.15) is 0 Å². The maximum absolute atomic E-state index is 5.79. The third-order valence-electron chi connectivity index (χ3n) is 7.75. The van der Waals surface area contributed by atoms with Gasteiger partial charge in [-0.1, -0.05) is 95.9 Å². The van der Waals surface area contributed by atoms with Crippen molar-refractivity contribution in [3.8, 4) is 0 Å². The minimum Gasteiger partial charge on any atom is -0.330 e. The molecule has 3 heteroatoms. The molecule has 0 amide bonds. The lowest BCUT2D eigenvalue weighted by Gasteiger charge is -2.37. The van der Waals surface area contributed by atoms with E-state index in [9.17, 15) is 0 Å². The highest BCUT2D eigenvalue weighted by Crippen LogP contribution is 2.40. The van der Waals surface area contributed by atoms with Crippen molar-refractivity contribution in [1.82, 2.24) is 0 Å². The second-order valence-electron chi connectivity index (χ2n) is 9.85. The molecule has 0 saturated heterocycles. The highest BCUT2D eigenvalue weighted by Gasteiger charge is 2.40. The van der Waals surface area contributed by atoms with Crippen LogP contribution in [-0.2, 0) is 14.2 Å². The van der Waals surface area contributed by atoms with Gasteiger partial charge < -0.3 is 14.2 Å². The molecular weight excluding hydrogens is 396 g/mol. The number of methoxy groups -OCH3 is 3. The lowest BCUT2D eigenvalue weighted by molar-refractivity contribution is -0.365. The average Bonchev–Trinajstić information content (AvgIpc) is 2.85. The van der Waals surface area contributed by atoms with Crippen molar-refractivity contribution >= 4 is 0 Å². The van der Waals surface area contributed by atoms with E-state index in [0.717, 1.165) is 24.7 Å². The van der Waals surface area contributed by atoms with Crippen LogP contribution in [-0.4, -0.2) is 27.3 Å². The Morgan fingerprint density at radius 3 is 1.88 bits per heavy atom. The van der Waals surface area contributed by atoms with Crippen LogP contribution in [0.5, 0.6) is 0 Å². The van der Waals surface area contributed by atoms with E-state index >= 15 is 0 Å². The molecule has 1 aliphatic rings. The van der Waals surface area contributed by atoms with Gasteiger partial charge >= 0.3 is 0 Å². The summed E-state index contributed by atoms with van der Waals surface area (Å²) in [6, 6.07) is 9.30. The van der Waals surface area contributed by atoms with Crippen LogP contribution in [0.25, 0.3) is 0 Å². The topological polar surface area (TPSA) is 27.7 Å². The van der Waals surface area contributed by atoms with E-state index in [2.05, 4.69) is 38.1 Å². The molecule has 0 heterocycles. The van der Waals surface area contributed by atoms with Gasteiger partial charge in [-0.2, -0.15) is 0 Å². The highest BCUT2D eigenvalue weighted by atomic mass is 16.9. The Labute approximate surface area is 198 Å². The Bertz CT molecular complexity index is 577. The number of hydrogen-bond donors (Lipinski definition) is 0. The van der Waals surface area contributed by atoms with Gasteiger partial charge in [0.2, 0.25) is 0 Å². The molecule has 1 aromatic rings. The fourth-order valence-electron chi connectivity index (χ4n) is 5.63. The zero-order valence-electron chi connectivity index (χ0n) is 21.7. The van der Waals surface area contributed by atoms with Crippen molar-refractivity contribution in [3.63, 3.8) is 0 Å². The van der Waals surface area contributed by atoms with Gasteiger partial charge in [-0.15, -0.1) is 0 Å². The van der Waals surface area contributed by atoms with E-state index in [0.29, 0.717) is 0 Å². The summed E-state index contributed by atoms with van der Waals surface area (Å²) in [6.07, 6.45) is 18.3. The van der Waals surface area contributed by atoms with Gasteiger partial charge in [0, 0.05) is 21.3 Å². The van der Waals surface area contributed by atoms with Crippen LogP contribution in [0.3, 0.4) is 0 Å². The van der Waals surface area contributed by atoms with Crippen LogP contribution in [0, 0.1) is 5.92 Å². The normalized spacial score (nSPS) is 20.4. The van der Waals surface area contributed by atoms with E-state index in [1.165, 1.54) is 88.2 Å². The minimum atomic E-state index is -1.03. The Morgan fingerprint density at radius 2 is 1.31 bits per heavy atom. The Kier molecular flexibility index (Phi) is 12.9. The second kappa shape index (κ2) is 15.1. The van der Waals surface area contributed by atoms with Crippen LogP contribution in [0.1, 0.15) is 127 Å². The molecular formula is C29H50O3. The fraction of sp³-hybridized carbons (Fsp3) is 0.793. The van der Waals surface area contributed by atoms with Gasteiger partial charge in [-0.05, 0) is 55.1 Å². The fourth-order valence-corrected chi connectivity index (χ4v) is 5.63.